The Balaban J connectivity index is 2.68. The summed E-state index contributed by atoms with van der Waals surface area (Å²) in [5.74, 6) is -0.880. The first-order valence-electron chi connectivity index (χ1n) is 8.35. The zero-order valence-corrected chi connectivity index (χ0v) is 16.6. The van der Waals surface area contributed by atoms with Gasteiger partial charge in [-0.1, -0.05) is 37.0 Å². The molecule has 0 saturated heterocycles. The van der Waals surface area contributed by atoms with Gasteiger partial charge in [-0.3, -0.25) is 14.4 Å². The van der Waals surface area contributed by atoms with E-state index >= 15 is 0 Å². The van der Waals surface area contributed by atoms with Gasteiger partial charge in [0.15, 0.2) is 0 Å². The van der Waals surface area contributed by atoms with Gasteiger partial charge in [0.1, 0.15) is 6.04 Å². The van der Waals surface area contributed by atoms with Gasteiger partial charge in [0, 0.05) is 18.0 Å². The molecule has 0 aliphatic heterocycles. The average molecular weight is 403 g/mol. The Bertz CT molecular complexity index is 650. The number of rotatable bonds is 9. The van der Waals surface area contributed by atoms with Crippen LogP contribution in [0.1, 0.15) is 43.5 Å². The minimum atomic E-state index is -0.702. The smallest absolute Gasteiger partial charge is 0.305 e. The molecule has 1 atom stereocenters. The van der Waals surface area contributed by atoms with Crippen molar-refractivity contribution in [1.29, 1.82) is 0 Å². The number of nitrogens with one attached hydrogen (secondary N) is 2. The van der Waals surface area contributed by atoms with Crippen LogP contribution in [0.2, 0.25) is 10.0 Å². The van der Waals surface area contributed by atoms with Crippen molar-refractivity contribution in [1.82, 2.24) is 10.6 Å². The van der Waals surface area contributed by atoms with Gasteiger partial charge in [-0.2, -0.15) is 0 Å². The van der Waals surface area contributed by atoms with Gasteiger partial charge in [0.2, 0.25) is 5.91 Å². The molecule has 1 rings (SSSR count). The topological polar surface area (TPSA) is 84.5 Å². The van der Waals surface area contributed by atoms with E-state index < -0.39 is 11.9 Å². The molecule has 1 aromatic rings. The maximum atomic E-state index is 12.5. The Labute approximate surface area is 163 Å². The van der Waals surface area contributed by atoms with Crippen LogP contribution in [0.4, 0.5) is 0 Å². The van der Waals surface area contributed by atoms with Crippen LogP contribution in [0.15, 0.2) is 18.2 Å². The first-order valence-corrected chi connectivity index (χ1v) is 9.10. The standard InChI is InChI=1S/C18H24Cl2N2O4/c1-11(2)9-15(18(25)21-8-4-5-16(23)26-3)22-17(24)13-7-6-12(19)10-14(13)20/h6-7,10-11,15H,4-5,8-9H2,1-3H3,(H,21,25)(H,22,24). The van der Waals surface area contributed by atoms with Gasteiger partial charge in [-0.15, -0.1) is 0 Å². The molecule has 8 heteroatoms. The number of amides is 2. The Morgan fingerprint density at radius 3 is 2.46 bits per heavy atom. The maximum Gasteiger partial charge on any atom is 0.305 e. The van der Waals surface area contributed by atoms with E-state index in [4.69, 9.17) is 23.2 Å². The molecule has 2 amide bonds. The van der Waals surface area contributed by atoms with Gasteiger partial charge in [0.25, 0.3) is 5.91 Å². The molecule has 0 aliphatic carbocycles. The number of hydrogen-bond acceptors (Lipinski definition) is 4. The van der Waals surface area contributed by atoms with Crippen molar-refractivity contribution in [3.8, 4) is 0 Å². The highest BCUT2D eigenvalue weighted by Crippen LogP contribution is 2.21. The van der Waals surface area contributed by atoms with E-state index in [-0.39, 0.29) is 34.8 Å². The second-order valence-electron chi connectivity index (χ2n) is 6.25. The quantitative estimate of drug-likeness (QED) is 0.490. The summed E-state index contributed by atoms with van der Waals surface area (Å²) in [6.45, 7) is 4.23. The second-order valence-corrected chi connectivity index (χ2v) is 7.09. The number of halogens is 2. The molecule has 1 unspecified atom stereocenters. The minimum absolute atomic E-state index is 0.196. The molecule has 1 aromatic carbocycles. The zero-order chi connectivity index (χ0) is 19.7. The van der Waals surface area contributed by atoms with Crippen LogP contribution in [0, 0.1) is 5.92 Å². The SMILES string of the molecule is COC(=O)CCCNC(=O)C(CC(C)C)NC(=O)c1ccc(Cl)cc1Cl. The Morgan fingerprint density at radius 2 is 1.88 bits per heavy atom. The molecule has 26 heavy (non-hydrogen) atoms. The van der Waals surface area contributed by atoms with E-state index in [9.17, 15) is 14.4 Å². The van der Waals surface area contributed by atoms with Crippen molar-refractivity contribution >= 4 is 41.0 Å². The largest absolute Gasteiger partial charge is 0.469 e. The number of benzene rings is 1. The molecule has 0 fully saturated rings. The molecule has 0 aliphatic rings. The molecule has 0 heterocycles. The number of esters is 1. The van der Waals surface area contributed by atoms with Crippen molar-refractivity contribution in [2.45, 2.75) is 39.2 Å². The summed E-state index contributed by atoms with van der Waals surface area (Å²) in [6.07, 6.45) is 1.15. The molecule has 0 saturated carbocycles. The van der Waals surface area contributed by atoms with Crippen molar-refractivity contribution in [3.05, 3.63) is 33.8 Å². The lowest BCUT2D eigenvalue weighted by atomic mass is 10.0. The van der Waals surface area contributed by atoms with E-state index in [0.717, 1.165) is 0 Å². The van der Waals surface area contributed by atoms with Crippen molar-refractivity contribution in [2.75, 3.05) is 13.7 Å². The first-order chi connectivity index (χ1) is 12.2. The van der Waals surface area contributed by atoms with E-state index in [1.807, 2.05) is 13.8 Å². The van der Waals surface area contributed by atoms with Crippen molar-refractivity contribution < 1.29 is 19.1 Å². The summed E-state index contributed by atoms with van der Waals surface area (Å²) >= 11 is 11.9. The molecular weight excluding hydrogens is 379 g/mol. The monoisotopic (exact) mass is 402 g/mol. The lowest BCUT2D eigenvalue weighted by Crippen LogP contribution is -2.47. The third-order valence-electron chi connectivity index (χ3n) is 3.59. The van der Waals surface area contributed by atoms with Crippen LogP contribution in [-0.4, -0.2) is 37.5 Å². The Kier molecular flexibility index (Phi) is 9.44. The van der Waals surface area contributed by atoms with Crippen LogP contribution < -0.4 is 10.6 Å². The summed E-state index contributed by atoms with van der Waals surface area (Å²) in [4.78, 5) is 35.9. The lowest BCUT2D eigenvalue weighted by Gasteiger charge is -2.20. The molecule has 6 nitrogen and oxygen atoms in total. The summed E-state index contributed by atoms with van der Waals surface area (Å²) in [5.41, 5.74) is 0.253. The average Bonchev–Trinajstić information content (AvgIpc) is 2.57. The zero-order valence-electron chi connectivity index (χ0n) is 15.1. The third-order valence-corrected chi connectivity index (χ3v) is 4.14. The van der Waals surface area contributed by atoms with Gasteiger partial charge in [0.05, 0.1) is 17.7 Å². The molecule has 0 radical (unpaired) electrons. The normalized spacial score (nSPS) is 11.8. The van der Waals surface area contributed by atoms with Crippen LogP contribution in [0.25, 0.3) is 0 Å². The van der Waals surface area contributed by atoms with Crippen molar-refractivity contribution in [3.63, 3.8) is 0 Å². The number of ether oxygens (including phenoxy) is 1. The van der Waals surface area contributed by atoms with Crippen LogP contribution in [0.5, 0.6) is 0 Å². The molecule has 144 valence electrons. The van der Waals surface area contributed by atoms with E-state index in [2.05, 4.69) is 15.4 Å². The molecular formula is C18H24Cl2N2O4. The molecule has 0 bridgehead atoms. The number of hydrogen-bond donors (Lipinski definition) is 2. The van der Waals surface area contributed by atoms with E-state index in [1.54, 1.807) is 6.07 Å². The minimum Gasteiger partial charge on any atom is -0.469 e. The third kappa shape index (κ3) is 7.62. The molecule has 0 aromatic heterocycles. The highest BCUT2D eigenvalue weighted by molar-refractivity contribution is 6.36. The van der Waals surface area contributed by atoms with Gasteiger partial charge in [-0.25, -0.2) is 0 Å². The fourth-order valence-corrected chi connectivity index (χ4v) is 2.78. The highest BCUT2D eigenvalue weighted by Gasteiger charge is 2.23. The van der Waals surface area contributed by atoms with E-state index in [0.29, 0.717) is 24.4 Å². The number of carbonyl (C=O) groups excluding carboxylic acids is 3. The maximum absolute atomic E-state index is 12.5. The molecule has 0 spiro atoms. The summed E-state index contributed by atoms with van der Waals surface area (Å²) < 4.78 is 4.55. The predicted molar refractivity (Wildman–Crippen MR) is 101 cm³/mol. The summed E-state index contributed by atoms with van der Waals surface area (Å²) in [5, 5.41) is 6.09. The number of methoxy groups -OCH3 is 1. The van der Waals surface area contributed by atoms with Crippen LogP contribution in [-0.2, 0) is 14.3 Å². The van der Waals surface area contributed by atoms with Crippen LogP contribution in [0.3, 0.4) is 0 Å². The Hall–Kier alpha value is -1.79. The highest BCUT2D eigenvalue weighted by atomic mass is 35.5. The summed E-state index contributed by atoms with van der Waals surface area (Å²) in [6, 6.07) is 3.85. The fourth-order valence-electron chi connectivity index (χ4n) is 2.28. The van der Waals surface area contributed by atoms with Gasteiger partial charge >= 0.3 is 5.97 Å². The molecule has 2 N–H and O–H groups in total. The number of carbonyl (C=O) groups is 3. The van der Waals surface area contributed by atoms with Gasteiger partial charge < -0.3 is 15.4 Å². The predicted octanol–water partition coefficient (Wildman–Crippen LogP) is 3.21. The second kappa shape index (κ2) is 11.0. The summed E-state index contributed by atoms with van der Waals surface area (Å²) in [7, 11) is 1.32. The lowest BCUT2D eigenvalue weighted by molar-refractivity contribution is -0.140. The van der Waals surface area contributed by atoms with Crippen LogP contribution >= 0.6 is 23.2 Å². The Morgan fingerprint density at radius 1 is 1.19 bits per heavy atom. The fraction of sp³-hybridized carbons (Fsp3) is 0.500. The van der Waals surface area contributed by atoms with E-state index in [1.165, 1.54) is 19.2 Å². The van der Waals surface area contributed by atoms with Gasteiger partial charge in [-0.05, 0) is 37.0 Å². The first kappa shape index (κ1) is 22.3. The van der Waals surface area contributed by atoms with Crippen molar-refractivity contribution in [2.24, 2.45) is 5.92 Å².